The van der Waals surface area contributed by atoms with Crippen molar-refractivity contribution in [1.82, 2.24) is 14.9 Å². The minimum absolute atomic E-state index is 0.0754. The van der Waals surface area contributed by atoms with Crippen LogP contribution in [0.15, 0.2) is 58.1 Å². The van der Waals surface area contributed by atoms with E-state index in [1.807, 2.05) is 36.4 Å². The number of carbonyl (C=O) groups excluding carboxylic acids is 1. The van der Waals surface area contributed by atoms with Gasteiger partial charge < -0.3 is 14.2 Å². The molecule has 0 unspecified atom stereocenters. The van der Waals surface area contributed by atoms with Crippen LogP contribution in [0.4, 0.5) is 5.82 Å². The third-order valence-corrected chi connectivity index (χ3v) is 7.64. The molecule has 0 radical (unpaired) electrons. The van der Waals surface area contributed by atoms with Gasteiger partial charge >= 0.3 is 0 Å². The van der Waals surface area contributed by atoms with E-state index in [0.29, 0.717) is 24.1 Å². The van der Waals surface area contributed by atoms with Crippen LogP contribution in [0.5, 0.6) is 0 Å². The van der Waals surface area contributed by atoms with Gasteiger partial charge in [-0.25, -0.2) is 9.97 Å². The zero-order valence-corrected chi connectivity index (χ0v) is 23.0. The van der Waals surface area contributed by atoms with Crippen LogP contribution in [0.3, 0.4) is 0 Å². The molecule has 1 aliphatic carbocycles. The van der Waals surface area contributed by atoms with Crippen LogP contribution < -0.4 is 4.90 Å². The highest BCUT2D eigenvalue weighted by Gasteiger charge is 2.24. The van der Waals surface area contributed by atoms with Gasteiger partial charge in [-0.3, -0.25) is 4.79 Å². The van der Waals surface area contributed by atoms with E-state index in [0.717, 1.165) is 28.0 Å². The largest absolute Gasteiger partial charge is 0.455 e. The first kappa shape index (κ1) is 26.3. The molecule has 0 N–H and O–H groups in total. The van der Waals surface area contributed by atoms with Crippen molar-refractivity contribution in [2.45, 2.75) is 81.8 Å². The number of hydrogen-bond donors (Lipinski definition) is 0. The number of aromatic nitrogens is 2. The van der Waals surface area contributed by atoms with E-state index >= 15 is 0 Å². The summed E-state index contributed by atoms with van der Waals surface area (Å²) in [5.41, 5.74) is 2.05. The van der Waals surface area contributed by atoms with E-state index in [1.165, 1.54) is 32.1 Å². The zero-order chi connectivity index (χ0) is 25.7. The first-order valence-corrected chi connectivity index (χ1v) is 13.8. The summed E-state index contributed by atoms with van der Waals surface area (Å²) >= 11 is 1.55. The van der Waals surface area contributed by atoms with Crippen molar-refractivity contribution in [3.8, 4) is 0 Å². The maximum absolute atomic E-state index is 12.9. The van der Waals surface area contributed by atoms with Crippen LogP contribution in [-0.4, -0.2) is 40.9 Å². The van der Waals surface area contributed by atoms with Crippen LogP contribution in [0.1, 0.15) is 80.4 Å². The molecule has 1 aliphatic rings. The molecular formula is C29H38N4O2S. The number of amides is 1. The second-order valence-corrected chi connectivity index (χ2v) is 11.7. The SMILES string of the molecule is CN(Cc1ccccc1)C(=O)c1ccc(CSc2nc(N(C)C3CCCCC3)cc(C(C)(C)C)n2)o1. The Morgan fingerprint density at radius 2 is 1.75 bits per heavy atom. The Labute approximate surface area is 219 Å². The van der Waals surface area contributed by atoms with Crippen LogP contribution >= 0.6 is 11.8 Å². The number of nitrogens with zero attached hydrogens (tertiary/aromatic N) is 4. The van der Waals surface area contributed by atoms with Crippen molar-refractivity contribution in [3.63, 3.8) is 0 Å². The Hall–Kier alpha value is -2.80. The summed E-state index contributed by atoms with van der Waals surface area (Å²) in [6.45, 7) is 7.09. The normalized spacial score (nSPS) is 14.6. The topological polar surface area (TPSA) is 62.5 Å². The van der Waals surface area contributed by atoms with Gasteiger partial charge in [-0.15, -0.1) is 0 Å². The molecule has 0 saturated heterocycles. The van der Waals surface area contributed by atoms with Crippen molar-refractivity contribution in [2.24, 2.45) is 0 Å². The smallest absolute Gasteiger partial charge is 0.289 e. The molecule has 36 heavy (non-hydrogen) atoms. The molecule has 0 bridgehead atoms. The minimum Gasteiger partial charge on any atom is -0.455 e. The predicted octanol–water partition coefficient (Wildman–Crippen LogP) is 6.70. The highest BCUT2D eigenvalue weighted by Crippen LogP contribution is 2.31. The standard InChI is InChI=1S/C29H38N4O2S/c1-29(2,3)25-18-26(33(5)22-14-10-7-11-15-22)31-28(30-25)36-20-23-16-17-24(35-23)27(34)32(4)19-21-12-8-6-9-13-21/h6,8-9,12-13,16-18,22H,7,10-11,14-15,19-20H2,1-5H3. The molecule has 0 aliphatic heterocycles. The van der Waals surface area contributed by atoms with E-state index in [1.54, 1.807) is 29.8 Å². The Morgan fingerprint density at radius 3 is 2.44 bits per heavy atom. The summed E-state index contributed by atoms with van der Waals surface area (Å²) in [6.07, 6.45) is 6.34. The van der Waals surface area contributed by atoms with Gasteiger partial charge in [-0.05, 0) is 30.5 Å². The molecule has 2 heterocycles. The lowest BCUT2D eigenvalue weighted by atomic mass is 9.91. The van der Waals surface area contributed by atoms with Crippen LogP contribution in [0.25, 0.3) is 0 Å². The number of hydrogen-bond acceptors (Lipinski definition) is 6. The van der Waals surface area contributed by atoms with Gasteiger partial charge in [0.15, 0.2) is 10.9 Å². The molecule has 1 saturated carbocycles. The Kier molecular flexibility index (Phi) is 8.39. The fraction of sp³-hybridized carbons (Fsp3) is 0.483. The summed E-state index contributed by atoms with van der Waals surface area (Å²) in [4.78, 5) is 26.7. The van der Waals surface area contributed by atoms with E-state index < -0.39 is 0 Å². The molecule has 0 spiro atoms. The maximum atomic E-state index is 12.9. The number of anilines is 1. The Bertz CT molecular complexity index is 1150. The van der Waals surface area contributed by atoms with Crippen molar-refractivity contribution in [2.75, 3.05) is 19.0 Å². The van der Waals surface area contributed by atoms with E-state index in [4.69, 9.17) is 14.4 Å². The number of rotatable bonds is 8. The van der Waals surface area contributed by atoms with Crippen molar-refractivity contribution >= 4 is 23.5 Å². The molecule has 0 atom stereocenters. The summed E-state index contributed by atoms with van der Waals surface area (Å²) < 4.78 is 5.92. The molecule has 1 aromatic carbocycles. The zero-order valence-electron chi connectivity index (χ0n) is 22.2. The Balaban J connectivity index is 1.44. The van der Waals surface area contributed by atoms with Crippen molar-refractivity contribution in [1.29, 1.82) is 0 Å². The van der Waals surface area contributed by atoms with Crippen molar-refractivity contribution in [3.05, 3.63) is 71.3 Å². The summed E-state index contributed by atoms with van der Waals surface area (Å²) in [7, 11) is 3.96. The van der Waals surface area contributed by atoms with Crippen LogP contribution in [-0.2, 0) is 17.7 Å². The summed E-state index contributed by atoms with van der Waals surface area (Å²) in [5.74, 6) is 2.52. The second kappa shape index (κ2) is 11.5. The van der Waals surface area contributed by atoms with Gasteiger partial charge in [0.05, 0.1) is 11.4 Å². The lowest BCUT2D eigenvalue weighted by Gasteiger charge is -2.33. The minimum atomic E-state index is -0.127. The number of benzene rings is 1. The van der Waals surface area contributed by atoms with E-state index in [2.05, 4.69) is 38.8 Å². The monoisotopic (exact) mass is 506 g/mol. The Morgan fingerprint density at radius 1 is 1.03 bits per heavy atom. The fourth-order valence-corrected chi connectivity index (χ4v) is 5.27. The number of thioether (sulfide) groups is 1. The average molecular weight is 507 g/mol. The van der Waals surface area contributed by atoms with E-state index in [9.17, 15) is 4.79 Å². The molecule has 7 heteroatoms. The van der Waals surface area contributed by atoms with Gasteiger partial charge in [-0.1, -0.05) is 82.1 Å². The molecule has 192 valence electrons. The molecule has 6 nitrogen and oxygen atoms in total. The van der Waals surface area contributed by atoms with Gasteiger partial charge in [0.1, 0.15) is 11.6 Å². The van der Waals surface area contributed by atoms with Crippen molar-refractivity contribution < 1.29 is 9.21 Å². The second-order valence-electron chi connectivity index (χ2n) is 10.7. The number of carbonyl (C=O) groups is 1. The molecule has 1 fully saturated rings. The molecule has 3 aromatic rings. The lowest BCUT2D eigenvalue weighted by molar-refractivity contribution is 0.0752. The van der Waals surface area contributed by atoms with Gasteiger partial charge in [-0.2, -0.15) is 0 Å². The molecule has 4 rings (SSSR count). The first-order chi connectivity index (χ1) is 17.2. The van der Waals surface area contributed by atoms with Crippen LogP contribution in [0, 0.1) is 0 Å². The van der Waals surface area contributed by atoms with Gasteiger partial charge in [0.2, 0.25) is 0 Å². The first-order valence-electron chi connectivity index (χ1n) is 12.8. The van der Waals surface area contributed by atoms with Crippen LogP contribution in [0.2, 0.25) is 0 Å². The molecule has 1 amide bonds. The summed E-state index contributed by atoms with van der Waals surface area (Å²) in [5, 5.41) is 0.741. The summed E-state index contributed by atoms with van der Waals surface area (Å²) in [6, 6.07) is 16.3. The fourth-order valence-electron chi connectivity index (χ4n) is 4.52. The predicted molar refractivity (Wildman–Crippen MR) is 147 cm³/mol. The third kappa shape index (κ3) is 6.69. The molecule has 2 aromatic heterocycles. The third-order valence-electron chi connectivity index (χ3n) is 6.77. The highest BCUT2D eigenvalue weighted by atomic mass is 32.2. The average Bonchev–Trinajstić information content (AvgIpc) is 3.36. The maximum Gasteiger partial charge on any atom is 0.289 e. The van der Waals surface area contributed by atoms with Gasteiger partial charge in [0, 0.05) is 38.2 Å². The molecular weight excluding hydrogens is 468 g/mol. The quantitative estimate of drug-likeness (QED) is 0.250. The van der Waals surface area contributed by atoms with Gasteiger partial charge in [0.25, 0.3) is 5.91 Å². The highest BCUT2D eigenvalue weighted by molar-refractivity contribution is 7.98. The van der Waals surface area contributed by atoms with E-state index in [-0.39, 0.29) is 11.3 Å². The lowest BCUT2D eigenvalue weighted by Crippen LogP contribution is -2.34. The number of furan rings is 1.